The third-order valence-corrected chi connectivity index (χ3v) is 2.45. The van der Waals surface area contributed by atoms with Gasteiger partial charge in [0.05, 0.1) is 12.2 Å². The van der Waals surface area contributed by atoms with Crippen LogP contribution in [0.5, 0.6) is 0 Å². The Kier molecular flexibility index (Phi) is 4.29. The Labute approximate surface area is 96.9 Å². The lowest BCUT2D eigenvalue weighted by Crippen LogP contribution is -2.05. The van der Waals surface area contributed by atoms with E-state index in [-0.39, 0.29) is 5.97 Å². The second kappa shape index (κ2) is 5.50. The third-order valence-electron chi connectivity index (χ3n) is 2.45. The van der Waals surface area contributed by atoms with Gasteiger partial charge in [-0.05, 0) is 24.0 Å². The first-order valence-electron chi connectivity index (χ1n) is 5.52. The summed E-state index contributed by atoms with van der Waals surface area (Å²) in [5, 5.41) is 0. The molecule has 16 heavy (non-hydrogen) atoms. The molecule has 0 spiro atoms. The number of carbonyl (C=O) groups excluding carboxylic acids is 1. The molecule has 0 bridgehead atoms. The van der Waals surface area contributed by atoms with E-state index in [9.17, 15) is 4.79 Å². The zero-order valence-electron chi connectivity index (χ0n) is 10.1. The van der Waals surface area contributed by atoms with E-state index in [0.29, 0.717) is 18.1 Å². The minimum Gasteiger partial charge on any atom is -0.462 e. The molecule has 86 valence electrons. The molecule has 0 amide bonds. The van der Waals surface area contributed by atoms with Crippen molar-refractivity contribution in [2.75, 3.05) is 6.61 Å². The summed E-state index contributed by atoms with van der Waals surface area (Å²) < 4.78 is 4.90. The molecule has 0 aliphatic rings. The topological polar surface area (TPSA) is 26.3 Å². The molecule has 0 fully saturated rings. The molecule has 0 saturated carbocycles. The highest BCUT2D eigenvalue weighted by Gasteiger charge is 2.10. The fourth-order valence-corrected chi connectivity index (χ4v) is 1.41. The number of ether oxygens (including phenoxy) is 1. The second-order valence-electron chi connectivity index (χ2n) is 3.98. The highest BCUT2D eigenvalue weighted by Crippen LogP contribution is 2.19. The van der Waals surface area contributed by atoms with E-state index in [4.69, 9.17) is 4.74 Å². The van der Waals surface area contributed by atoms with Crippen LogP contribution in [0.3, 0.4) is 0 Å². The highest BCUT2D eigenvalue weighted by molar-refractivity contribution is 6.15. The van der Waals surface area contributed by atoms with E-state index >= 15 is 0 Å². The zero-order chi connectivity index (χ0) is 12.1. The van der Waals surface area contributed by atoms with Crippen LogP contribution >= 0.6 is 0 Å². The van der Waals surface area contributed by atoms with Crippen molar-refractivity contribution in [3.05, 3.63) is 42.0 Å². The van der Waals surface area contributed by atoms with Gasteiger partial charge in [-0.1, -0.05) is 44.7 Å². The average molecular weight is 218 g/mol. The predicted molar refractivity (Wildman–Crippen MR) is 66.2 cm³/mol. The van der Waals surface area contributed by atoms with Gasteiger partial charge in [0.2, 0.25) is 0 Å². The number of carbonyl (C=O) groups is 1. The normalized spacial score (nSPS) is 10.2. The van der Waals surface area contributed by atoms with Gasteiger partial charge < -0.3 is 4.74 Å². The van der Waals surface area contributed by atoms with Crippen molar-refractivity contribution >= 4 is 11.5 Å². The lowest BCUT2D eigenvalue weighted by Gasteiger charge is -2.08. The van der Waals surface area contributed by atoms with E-state index in [1.165, 1.54) is 5.56 Å². The lowest BCUT2D eigenvalue weighted by atomic mass is 9.99. The molecule has 0 radical (unpaired) electrons. The van der Waals surface area contributed by atoms with Crippen LogP contribution in [0.2, 0.25) is 0 Å². The van der Waals surface area contributed by atoms with Gasteiger partial charge >= 0.3 is 5.97 Å². The molecule has 0 aliphatic carbocycles. The van der Waals surface area contributed by atoms with Gasteiger partial charge in [-0.15, -0.1) is 0 Å². The first-order valence-corrected chi connectivity index (χ1v) is 5.52. The second-order valence-corrected chi connectivity index (χ2v) is 3.98. The number of hydrogen-bond donors (Lipinski definition) is 0. The Balaban J connectivity index is 2.81. The Bertz CT molecular complexity index is 374. The maximum absolute atomic E-state index is 11.4. The fraction of sp³-hybridized carbons (Fsp3) is 0.357. The molecule has 0 N–H and O–H groups in total. The fourth-order valence-electron chi connectivity index (χ4n) is 1.41. The number of rotatable bonds is 4. The maximum atomic E-state index is 11.4. The smallest absolute Gasteiger partial charge is 0.338 e. The lowest BCUT2D eigenvalue weighted by molar-refractivity contribution is -0.136. The van der Waals surface area contributed by atoms with E-state index in [2.05, 4.69) is 20.4 Å². The molecule has 2 heteroatoms. The summed E-state index contributed by atoms with van der Waals surface area (Å²) in [5.41, 5.74) is 2.49. The Morgan fingerprint density at radius 2 is 1.88 bits per heavy atom. The number of esters is 1. The molecule has 2 nitrogen and oxygen atoms in total. The molecule has 0 saturated heterocycles. The first-order chi connectivity index (χ1) is 7.56. The van der Waals surface area contributed by atoms with Gasteiger partial charge in [0.15, 0.2) is 0 Å². The van der Waals surface area contributed by atoms with Crippen LogP contribution in [0.15, 0.2) is 30.8 Å². The Morgan fingerprint density at radius 3 is 2.31 bits per heavy atom. The van der Waals surface area contributed by atoms with Crippen LogP contribution in [-0.2, 0) is 9.53 Å². The molecular weight excluding hydrogens is 200 g/mol. The summed E-state index contributed by atoms with van der Waals surface area (Å²) in [6.45, 7) is 10.2. The van der Waals surface area contributed by atoms with Crippen molar-refractivity contribution in [3.8, 4) is 0 Å². The van der Waals surface area contributed by atoms with Gasteiger partial charge in [-0.3, -0.25) is 0 Å². The zero-order valence-corrected chi connectivity index (χ0v) is 10.1. The van der Waals surface area contributed by atoms with E-state index < -0.39 is 0 Å². The van der Waals surface area contributed by atoms with Crippen LogP contribution in [-0.4, -0.2) is 12.6 Å². The molecule has 1 aromatic rings. The van der Waals surface area contributed by atoms with E-state index in [0.717, 1.165) is 5.56 Å². The Morgan fingerprint density at radius 1 is 1.31 bits per heavy atom. The molecule has 0 heterocycles. The van der Waals surface area contributed by atoms with Crippen LogP contribution in [0.4, 0.5) is 0 Å². The highest BCUT2D eigenvalue weighted by atomic mass is 16.5. The van der Waals surface area contributed by atoms with Crippen molar-refractivity contribution in [1.29, 1.82) is 0 Å². The average Bonchev–Trinajstić information content (AvgIpc) is 2.28. The summed E-state index contributed by atoms with van der Waals surface area (Å²) >= 11 is 0. The van der Waals surface area contributed by atoms with Crippen LogP contribution in [0.25, 0.3) is 5.57 Å². The molecule has 1 rings (SSSR count). The summed E-state index contributed by atoms with van der Waals surface area (Å²) in [6.07, 6.45) is 0. The Hall–Kier alpha value is -1.57. The number of benzene rings is 1. The van der Waals surface area contributed by atoms with Gasteiger partial charge in [0.25, 0.3) is 0 Å². The summed E-state index contributed by atoms with van der Waals surface area (Å²) in [5.74, 6) is 0.143. The van der Waals surface area contributed by atoms with Gasteiger partial charge in [-0.2, -0.15) is 0 Å². The van der Waals surface area contributed by atoms with Gasteiger partial charge in [0.1, 0.15) is 0 Å². The predicted octanol–water partition coefficient (Wildman–Crippen LogP) is 3.39. The van der Waals surface area contributed by atoms with E-state index in [1.54, 1.807) is 6.92 Å². The monoisotopic (exact) mass is 218 g/mol. The molecule has 0 aromatic heterocycles. The van der Waals surface area contributed by atoms with Gasteiger partial charge in [-0.25, -0.2) is 4.79 Å². The SMILES string of the molecule is C=C(C(=O)OCC)c1ccc(C(C)C)cc1. The molecular formula is C14H18O2. The standard InChI is InChI=1S/C14H18O2/c1-5-16-14(15)11(4)13-8-6-12(7-9-13)10(2)3/h6-10H,4-5H2,1-3H3. The number of hydrogen-bond acceptors (Lipinski definition) is 2. The first kappa shape index (κ1) is 12.5. The van der Waals surface area contributed by atoms with Crippen molar-refractivity contribution in [3.63, 3.8) is 0 Å². The largest absolute Gasteiger partial charge is 0.462 e. The maximum Gasteiger partial charge on any atom is 0.338 e. The molecule has 1 aromatic carbocycles. The minimum atomic E-state index is -0.347. The van der Waals surface area contributed by atoms with Crippen molar-refractivity contribution in [2.24, 2.45) is 0 Å². The van der Waals surface area contributed by atoms with Crippen molar-refractivity contribution in [1.82, 2.24) is 0 Å². The van der Waals surface area contributed by atoms with Crippen LogP contribution < -0.4 is 0 Å². The molecule has 0 aliphatic heterocycles. The van der Waals surface area contributed by atoms with E-state index in [1.807, 2.05) is 24.3 Å². The molecule has 0 unspecified atom stereocenters. The molecule has 0 atom stereocenters. The van der Waals surface area contributed by atoms with Gasteiger partial charge in [0, 0.05) is 0 Å². The van der Waals surface area contributed by atoms with Crippen molar-refractivity contribution < 1.29 is 9.53 Å². The van der Waals surface area contributed by atoms with Crippen LogP contribution in [0.1, 0.15) is 37.8 Å². The third kappa shape index (κ3) is 2.96. The van der Waals surface area contributed by atoms with Crippen molar-refractivity contribution in [2.45, 2.75) is 26.7 Å². The quantitative estimate of drug-likeness (QED) is 0.572. The summed E-state index contributed by atoms with van der Waals surface area (Å²) in [4.78, 5) is 11.4. The van der Waals surface area contributed by atoms with Crippen LogP contribution in [0, 0.1) is 0 Å². The minimum absolute atomic E-state index is 0.347. The summed E-state index contributed by atoms with van der Waals surface area (Å²) in [7, 11) is 0. The summed E-state index contributed by atoms with van der Waals surface area (Å²) in [6, 6.07) is 7.86.